The van der Waals surface area contributed by atoms with E-state index < -0.39 is 16.3 Å². The molecule has 0 saturated heterocycles. The standard InChI is InChI=1S/C9H11ClO2S/c10-7-9(13(11)12)6-8-4-2-1-3-5-8/h1-5,9H,6-7H2,(H,11,12)/p-1. The molecule has 2 atom stereocenters. The van der Waals surface area contributed by atoms with Crippen molar-refractivity contribution in [2.45, 2.75) is 11.7 Å². The quantitative estimate of drug-likeness (QED) is 0.569. The number of rotatable bonds is 4. The molecule has 13 heavy (non-hydrogen) atoms. The van der Waals surface area contributed by atoms with Crippen LogP contribution in [0, 0.1) is 0 Å². The zero-order chi connectivity index (χ0) is 9.68. The summed E-state index contributed by atoms with van der Waals surface area (Å²) in [5, 5.41) is -0.482. The van der Waals surface area contributed by atoms with Crippen LogP contribution in [0.25, 0.3) is 0 Å². The van der Waals surface area contributed by atoms with E-state index in [0.717, 1.165) is 5.56 Å². The Morgan fingerprint density at radius 1 is 1.38 bits per heavy atom. The van der Waals surface area contributed by atoms with Gasteiger partial charge in [0.2, 0.25) is 0 Å². The third kappa shape index (κ3) is 3.46. The minimum absolute atomic E-state index is 0.144. The fourth-order valence-electron chi connectivity index (χ4n) is 1.05. The van der Waals surface area contributed by atoms with E-state index >= 15 is 0 Å². The van der Waals surface area contributed by atoms with E-state index in [1.54, 1.807) is 0 Å². The summed E-state index contributed by atoms with van der Waals surface area (Å²) in [5.41, 5.74) is 0.998. The summed E-state index contributed by atoms with van der Waals surface area (Å²) in [5.74, 6) is 0.144. The maximum absolute atomic E-state index is 10.7. The lowest BCUT2D eigenvalue weighted by Crippen LogP contribution is -2.19. The molecule has 2 nitrogen and oxygen atoms in total. The molecule has 0 fully saturated rings. The minimum atomic E-state index is -2.09. The van der Waals surface area contributed by atoms with E-state index in [1.165, 1.54) is 0 Å². The van der Waals surface area contributed by atoms with Gasteiger partial charge in [-0.1, -0.05) is 41.4 Å². The van der Waals surface area contributed by atoms with E-state index in [2.05, 4.69) is 0 Å². The molecule has 4 heteroatoms. The molecule has 1 aromatic rings. The molecule has 1 rings (SSSR count). The molecule has 0 N–H and O–H groups in total. The van der Waals surface area contributed by atoms with Crippen molar-refractivity contribution in [3.8, 4) is 0 Å². The molecule has 72 valence electrons. The third-order valence-electron chi connectivity index (χ3n) is 1.75. The van der Waals surface area contributed by atoms with E-state index in [0.29, 0.717) is 6.42 Å². The predicted molar refractivity (Wildman–Crippen MR) is 53.6 cm³/mol. The Morgan fingerprint density at radius 3 is 2.46 bits per heavy atom. The first-order valence-corrected chi connectivity index (χ1v) is 5.59. The second-order valence-corrected chi connectivity index (χ2v) is 4.22. The number of hydrogen-bond donors (Lipinski definition) is 0. The van der Waals surface area contributed by atoms with Gasteiger partial charge in [0.1, 0.15) is 0 Å². The van der Waals surface area contributed by atoms with E-state index in [1.807, 2.05) is 30.3 Å². The Morgan fingerprint density at radius 2 is 2.00 bits per heavy atom. The van der Waals surface area contributed by atoms with Crippen molar-refractivity contribution in [1.82, 2.24) is 0 Å². The molecule has 0 aliphatic rings. The lowest BCUT2D eigenvalue weighted by atomic mass is 10.1. The van der Waals surface area contributed by atoms with Crippen molar-refractivity contribution in [3.63, 3.8) is 0 Å². The SMILES string of the molecule is O=S([O-])C(CCl)Cc1ccccc1. The van der Waals surface area contributed by atoms with Crippen LogP contribution < -0.4 is 0 Å². The summed E-state index contributed by atoms with van der Waals surface area (Å²) in [6.45, 7) is 0. The molecule has 0 aromatic heterocycles. The van der Waals surface area contributed by atoms with Gasteiger partial charge in [-0.15, -0.1) is 11.6 Å². The van der Waals surface area contributed by atoms with Crippen LogP contribution in [-0.4, -0.2) is 19.9 Å². The minimum Gasteiger partial charge on any atom is -0.772 e. The smallest absolute Gasteiger partial charge is 0.0391 e. The lowest BCUT2D eigenvalue weighted by molar-refractivity contribution is 0.525. The highest BCUT2D eigenvalue weighted by Gasteiger charge is 2.08. The Balaban J connectivity index is 2.62. The van der Waals surface area contributed by atoms with Crippen molar-refractivity contribution in [1.29, 1.82) is 0 Å². The first-order chi connectivity index (χ1) is 6.24. The Bertz CT molecular complexity index is 276. The second kappa shape index (κ2) is 5.37. The molecule has 0 amide bonds. The molecular weight excluding hydrogens is 208 g/mol. The largest absolute Gasteiger partial charge is 0.772 e. The molecule has 0 radical (unpaired) electrons. The van der Waals surface area contributed by atoms with Gasteiger partial charge in [-0.05, 0) is 12.0 Å². The lowest BCUT2D eigenvalue weighted by Gasteiger charge is -2.16. The average molecular weight is 218 g/mol. The van der Waals surface area contributed by atoms with Gasteiger partial charge in [-0.3, -0.25) is 4.21 Å². The number of benzene rings is 1. The highest BCUT2D eigenvalue weighted by Crippen LogP contribution is 2.08. The maximum Gasteiger partial charge on any atom is 0.0391 e. The van der Waals surface area contributed by atoms with Gasteiger partial charge in [0.15, 0.2) is 0 Å². The van der Waals surface area contributed by atoms with Crippen LogP contribution in [0.5, 0.6) is 0 Å². The highest BCUT2D eigenvalue weighted by molar-refractivity contribution is 7.79. The second-order valence-electron chi connectivity index (χ2n) is 2.73. The molecule has 0 aliphatic heterocycles. The van der Waals surface area contributed by atoms with Gasteiger partial charge < -0.3 is 4.55 Å². The van der Waals surface area contributed by atoms with Crippen molar-refractivity contribution in [2.75, 3.05) is 5.88 Å². The third-order valence-corrected chi connectivity index (χ3v) is 3.18. The fourth-order valence-corrected chi connectivity index (χ4v) is 1.90. The zero-order valence-electron chi connectivity index (χ0n) is 6.98. The predicted octanol–water partition coefficient (Wildman–Crippen LogP) is 1.72. The summed E-state index contributed by atoms with van der Waals surface area (Å²) in [6, 6.07) is 9.45. The van der Waals surface area contributed by atoms with Crippen LogP contribution in [0.3, 0.4) is 0 Å². The zero-order valence-corrected chi connectivity index (χ0v) is 8.55. The summed E-state index contributed by atoms with van der Waals surface area (Å²) < 4.78 is 21.3. The van der Waals surface area contributed by atoms with Gasteiger partial charge in [-0.25, -0.2) is 0 Å². The van der Waals surface area contributed by atoms with Crippen LogP contribution in [0.15, 0.2) is 30.3 Å². The number of alkyl halides is 1. The summed E-state index contributed by atoms with van der Waals surface area (Å²) in [7, 11) is 0. The van der Waals surface area contributed by atoms with Crippen molar-refractivity contribution >= 4 is 22.7 Å². The molecule has 2 unspecified atom stereocenters. The van der Waals surface area contributed by atoms with E-state index in [-0.39, 0.29) is 5.88 Å². The molecule has 0 aliphatic carbocycles. The van der Waals surface area contributed by atoms with Crippen LogP contribution in [0.4, 0.5) is 0 Å². The van der Waals surface area contributed by atoms with Gasteiger partial charge >= 0.3 is 0 Å². The first-order valence-electron chi connectivity index (χ1n) is 3.92. The first kappa shape index (κ1) is 10.7. The van der Waals surface area contributed by atoms with Gasteiger partial charge in [0, 0.05) is 11.1 Å². The van der Waals surface area contributed by atoms with Crippen LogP contribution in [0.2, 0.25) is 0 Å². The van der Waals surface area contributed by atoms with Crippen molar-refractivity contribution < 1.29 is 8.76 Å². The topological polar surface area (TPSA) is 40.1 Å². The molecule has 0 saturated carbocycles. The fraction of sp³-hybridized carbons (Fsp3) is 0.333. The monoisotopic (exact) mass is 217 g/mol. The summed E-state index contributed by atoms with van der Waals surface area (Å²) >= 11 is 3.43. The maximum atomic E-state index is 10.7. The van der Waals surface area contributed by atoms with Crippen molar-refractivity contribution in [2.24, 2.45) is 0 Å². The van der Waals surface area contributed by atoms with Crippen LogP contribution >= 0.6 is 11.6 Å². The van der Waals surface area contributed by atoms with Crippen LogP contribution in [-0.2, 0) is 17.5 Å². The Kier molecular flexibility index (Phi) is 4.42. The van der Waals surface area contributed by atoms with Gasteiger partial charge in [0.05, 0.1) is 0 Å². The van der Waals surface area contributed by atoms with Crippen LogP contribution in [0.1, 0.15) is 5.56 Å². The normalized spacial score (nSPS) is 15.2. The molecule has 0 bridgehead atoms. The number of hydrogen-bond acceptors (Lipinski definition) is 2. The average Bonchev–Trinajstić information content (AvgIpc) is 2.15. The molecule has 0 spiro atoms. The van der Waals surface area contributed by atoms with E-state index in [4.69, 9.17) is 11.6 Å². The Labute approximate surface area is 85.2 Å². The molecule has 1 aromatic carbocycles. The highest BCUT2D eigenvalue weighted by atomic mass is 35.5. The summed E-state index contributed by atoms with van der Waals surface area (Å²) in [4.78, 5) is 0. The van der Waals surface area contributed by atoms with Gasteiger partial charge in [0.25, 0.3) is 0 Å². The Hall–Kier alpha value is -0.380. The number of halogens is 1. The molecular formula is C9H10ClO2S-. The van der Waals surface area contributed by atoms with Gasteiger partial charge in [-0.2, -0.15) is 0 Å². The van der Waals surface area contributed by atoms with Crippen molar-refractivity contribution in [3.05, 3.63) is 35.9 Å². The summed E-state index contributed by atoms with van der Waals surface area (Å²) in [6.07, 6.45) is 0.487. The van der Waals surface area contributed by atoms with E-state index in [9.17, 15) is 8.76 Å². The molecule has 0 heterocycles.